The number of rotatable bonds is 3. The van der Waals surface area contributed by atoms with E-state index in [0.717, 1.165) is 25.9 Å². The van der Waals surface area contributed by atoms with E-state index in [1.54, 1.807) is 0 Å². The van der Waals surface area contributed by atoms with Gasteiger partial charge in [-0.05, 0) is 19.9 Å². The Morgan fingerprint density at radius 3 is 2.06 bits per heavy atom. The lowest BCUT2D eigenvalue weighted by molar-refractivity contribution is -0.122. The molecule has 0 spiro atoms. The van der Waals surface area contributed by atoms with Crippen LogP contribution in [0, 0.1) is 0 Å². The molecule has 1 rings (SSSR count). The molecule has 0 bridgehead atoms. The Balaban J connectivity index is 0. The van der Waals surface area contributed by atoms with Gasteiger partial charge < -0.3 is 15.3 Å². The molecule has 1 heterocycles. The maximum absolute atomic E-state index is 11.0. The molecule has 0 aromatic carbocycles. The van der Waals surface area contributed by atoms with Crippen molar-refractivity contribution in [2.24, 2.45) is 0 Å². The van der Waals surface area contributed by atoms with Crippen molar-refractivity contribution in [3.8, 4) is 0 Å². The predicted molar refractivity (Wildman–Crippen MR) is 77.7 cm³/mol. The van der Waals surface area contributed by atoms with Gasteiger partial charge >= 0.3 is 0 Å². The van der Waals surface area contributed by atoms with Gasteiger partial charge in [0.05, 0.1) is 5.60 Å². The molecule has 1 fully saturated rings. The molecule has 1 amide bonds. The van der Waals surface area contributed by atoms with Gasteiger partial charge in [0.2, 0.25) is 5.91 Å². The van der Waals surface area contributed by atoms with Crippen molar-refractivity contribution < 1.29 is 9.90 Å². The van der Waals surface area contributed by atoms with Crippen LogP contribution in [0.15, 0.2) is 0 Å². The zero-order chi connectivity index (χ0) is 14.6. The minimum absolute atomic E-state index is 0.0114. The number of piperidine rings is 1. The number of hydrogen-bond donors (Lipinski definition) is 2. The highest BCUT2D eigenvalue weighted by Gasteiger charge is 2.31. The van der Waals surface area contributed by atoms with E-state index in [9.17, 15) is 9.90 Å². The topological polar surface area (TPSA) is 52.6 Å². The summed E-state index contributed by atoms with van der Waals surface area (Å²) in [5, 5.41) is 12.8. The lowest BCUT2D eigenvalue weighted by Gasteiger charge is -2.36. The van der Waals surface area contributed by atoms with Crippen LogP contribution in [0.5, 0.6) is 0 Å². The number of carbonyl (C=O) groups is 1. The van der Waals surface area contributed by atoms with Crippen molar-refractivity contribution in [2.75, 3.05) is 26.7 Å². The molecular formula is C14H32N2O2. The molecule has 0 aromatic heterocycles. The van der Waals surface area contributed by atoms with Crippen LogP contribution >= 0.6 is 0 Å². The number of hydrogen-bond acceptors (Lipinski definition) is 3. The minimum Gasteiger partial charge on any atom is -0.388 e. The fourth-order valence-corrected chi connectivity index (χ4v) is 1.60. The molecule has 18 heavy (non-hydrogen) atoms. The first-order chi connectivity index (χ1) is 8.56. The van der Waals surface area contributed by atoms with E-state index in [4.69, 9.17) is 0 Å². The highest BCUT2D eigenvalue weighted by atomic mass is 16.3. The Morgan fingerprint density at radius 2 is 1.67 bits per heavy atom. The van der Waals surface area contributed by atoms with Crippen molar-refractivity contribution in [1.29, 1.82) is 0 Å². The van der Waals surface area contributed by atoms with Gasteiger partial charge in [0.1, 0.15) is 0 Å². The maximum atomic E-state index is 11.0. The zero-order valence-corrected chi connectivity index (χ0v) is 13.0. The van der Waals surface area contributed by atoms with E-state index in [2.05, 4.69) is 10.2 Å². The van der Waals surface area contributed by atoms with Crippen molar-refractivity contribution in [2.45, 2.75) is 59.5 Å². The molecule has 1 saturated heterocycles. The summed E-state index contributed by atoms with van der Waals surface area (Å²) in [5.74, 6) is 0.0114. The summed E-state index contributed by atoms with van der Waals surface area (Å²) in [6.07, 6.45) is 1.97. The largest absolute Gasteiger partial charge is 0.388 e. The third kappa shape index (κ3) is 8.48. The molecule has 1 aliphatic rings. The van der Waals surface area contributed by atoms with Crippen molar-refractivity contribution in [3.63, 3.8) is 0 Å². The molecular weight excluding hydrogens is 228 g/mol. The lowest BCUT2D eigenvalue weighted by atomic mass is 9.91. The lowest BCUT2D eigenvalue weighted by Crippen LogP contribution is -2.49. The van der Waals surface area contributed by atoms with Crippen LogP contribution in [-0.2, 0) is 4.79 Å². The van der Waals surface area contributed by atoms with Gasteiger partial charge in [0.15, 0.2) is 0 Å². The van der Waals surface area contributed by atoms with Gasteiger partial charge in [-0.1, -0.05) is 34.6 Å². The van der Waals surface area contributed by atoms with Crippen molar-refractivity contribution >= 4 is 5.91 Å². The van der Waals surface area contributed by atoms with E-state index in [1.165, 1.54) is 0 Å². The maximum Gasteiger partial charge on any atom is 0.219 e. The molecule has 110 valence electrons. The highest BCUT2D eigenvalue weighted by molar-refractivity contribution is 5.75. The summed E-state index contributed by atoms with van der Waals surface area (Å²) >= 11 is 0. The van der Waals surface area contributed by atoms with E-state index in [1.807, 2.05) is 41.7 Å². The molecule has 4 heteroatoms. The van der Waals surface area contributed by atoms with E-state index < -0.39 is 5.60 Å². The third-order valence-corrected chi connectivity index (χ3v) is 2.85. The Morgan fingerprint density at radius 1 is 1.22 bits per heavy atom. The fraction of sp³-hybridized carbons (Fsp3) is 0.929. The second kappa shape index (κ2) is 11.5. The van der Waals surface area contributed by atoms with Gasteiger partial charge in [-0.3, -0.25) is 4.79 Å². The molecule has 4 nitrogen and oxygen atoms in total. The number of nitrogens with one attached hydrogen (secondary N) is 1. The first-order valence-electron chi connectivity index (χ1n) is 7.23. The number of amides is 1. The molecule has 0 saturated carbocycles. The van der Waals surface area contributed by atoms with Crippen LogP contribution in [-0.4, -0.2) is 48.2 Å². The average molecular weight is 260 g/mol. The molecule has 0 radical (unpaired) electrons. The minimum atomic E-state index is -0.683. The summed E-state index contributed by atoms with van der Waals surface area (Å²) in [6, 6.07) is 0. The van der Waals surface area contributed by atoms with Crippen LogP contribution in [0.2, 0.25) is 0 Å². The smallest absolute Gasteiger partial charge is 0.219 e. The van der Waals surface area contributed by atoms with Crippen LogP contribution < -0.4 is 5.32 Å². The van der Waals surface area contributed by atoms with E-state index in [0.29, 0.717) is 13.0 Å². The first-order valence-corrected chi connectivity index (χ1v) is 7.23. The van der Waals surface area contributed by atoms with Crippen LogP contribution in [0.3, 0.4) is 0 Å². The number of aliphatic hydroxyl groups is 1. The standard InChI is InChI=1S/C10H20N2O2.2C2H6/c1-3-9(13)11-8-10(14)4-6-12(2)7-5-10;2*1-2/h14H,3-8H2,1-2H3,(H,11,13);2*1-2H3. The fourth-order valence-electron chi connectivity index (χ4n) is 1.60. The monoisotopic (exact) mass is 260 g/mol. The summed E-state index contributed by atoms with van der Waals surface area (Å²) in [4.78, 5) is 13.2. The Hall–Kier alpha value is -0.610. The van der Waals surface area contributed by atoms with Gasteiger partial charge in [-0.25, -0.2) is 0 Å². The molecule has 1 aliphatic heterocycles. The molecule has 0 atom stereocenters. The number of likely N-dealkylation sites (tertiary alicyclic amines) is 1. The SMILES string of the molecule is CC.CC.CCC(=O)NCC1(O)CCN(C)CC1. The summed E-state index contributed by atoms with van der Waals surface area (Å²) < 4.78 is 0. The Labute approximate surface area is 113 Å². The van der Waals surface area contributed by atoms with Crippen molar-refractivity contribution in [3.05, 3.63) is 0 Å². The summed E-state index contributed by atoms with van der Waals surface area (Å²) in [6.45, 7) is 12.0. The van der Waals surface area contributed by atoms with Crippen LogP contribution in [0.25, 0.3) is 0 Å². The summed E-state index contributed by atoms with van der Waals surface area (Å²) in [7, 11) is 2.05. The van der Waals surface area contributed by atoms with Gasteiger partial charge in [-0.15, -0.1) is 0 Å². The average Bonchev–Trinajstić information content (AvgIpc) is 2.44. The normalized spacial score (nSPS) is 17.7. The number of carbonyl (C=O) groups excluding carboxylic acids is 1. The Kier molecular flexibility index (Phi) is 12.6. The second-order valence-electron chi connectivity index (χ2n) is 4.16. The van der Waals surface area contributed by atoms with E-state index in [-0.39, 0.29) is 5.91 Å². The molecule has 0 aliphatic carbocycles. The van der Waals surface area contributed by atoms with Crippen molar-refractivity contribution in [1.82, 2.24) is 10.2 Å². The third-order valence-electron chi connectivity index (χ3n) is 2.85. The highest BCUT2D eigenvalue weighted by Crippen LogP contribution is 2.20. The molecule has 0 aromatic rings. The first kappa shape index (κ1) is 19.7. The Bertz CT molecular complexity index is 200. The summed E-state index contributed by atoms with van der Waals surface area (Å²) in [5.41, 5.74) is -0.683. The molecule has 2 N–H and O–H groups in total. The van der Waals surface area contributed by atoms with Gasteiger partial charge in [0, 0.05) is 26.1 Å². The van der Waals surface area contributed by atoms with E-state index >= 15 is 0 Å². The quantitative estimate of drug-likeness (QED) is 0.816. The molecule has 0 unspecified atom stereocenters. The number of nitrogens with zero attached hydrogens (tertiary/aromatic N) is 1. The van der Waals surface area contributed by atoms with Crippen LogP contribution in [0.1, 0.15) is 53.9 Å². The van der Waals surface area contributed by atoms with Crippen LogP contribution in [0.4, 0.5) is 0 Å². The predicted octanol–water partition coefficient (Wildman–Crippen LogP) is 2.02. The van der Waals surface area contributed by atoms with Gasteiger partial charge in [0.25, 0.3) is 0 Å². The second-order valence-corrected chi connectivity index (χ2v) is 4.16. The van der Waals surface area contributed by atoms with Gasteiger partial charge in [-0.2, -0.15) is 0 Å². The zero-order valence-electron chi connectivity index (χ0n) is 13.0.